The van der Waals surface area contributed by atoms with Gasteiger partial charge in [0.2, 0.25) is 17.6 Å². The molecular formula is C33H36F2N10O4. The Bertz CT molecular complexity index is 2030. The lowest BCUT2D eigenvalue weighted by atomic mass is 10.2. The second-order valence-corrected chi connectivity index (χ2v) is 11.7. The summed E-state index contributed by atoms with van der Waals surface area (Å²) in [5.74, 6) is -0.292. The molecule has 0 spiro atoms. The van der Waals surface area contributed by atoms with Gasteiger partial charge < -0.3 is 24.4 Å². The van der Waals surface area contributed by atoms with E-state index in [0.717, 1.165) is 18.9 Å². The number of nitrogens with one attached hydrogen (secondary N) is 1. The van der Waals surface area contributed by atoms with E-state index in [-0.39, 0.29) is 35.7 Å². The highest BCUT2D eigenvalue weighted by molar-refractivity contribution is 5.94. The molecule has 1 aliphatic carbocycles. The molecule has 1 aliphatic heterocycles. The number of anilines is 1. The molecule has 1 aromatic carbocycles. The van der Waals surface area contributed by atoms with Crippen LogP contribution in [0.15, 0.2) is 59.8 Å². The van der Waals surface area contributed by atoms with Gasteiger partial charge in [0.15, 0.2) is 5.82 Å². The maximum absolute atomic E-state index is 14.0. The van der Waals surface area contributed by atoms with Gasteiger partial charge in [0.1, 0.15) is 23.9 Å². The van der Waals surface area contributed by atoms with Gasteiger partial charge >= 0.3 is 0 Å². The van der Waals surface area contributed by atoms with Crippen molar-refractivity contribution in [3.05, 3.63) is 88.2 Å². The molecule has 14 nitrogen and oxygen atoms in total. The summed E-state index contributed by atoms with van der Waals surface area (Å²) in [6, 6.07) is 8.19. The molecule has 1 N–H and O–H groups in total. The number of ether oxygens (including phenoxy) is 1. The van der Waals surface area contributed by atoms with Gasteiger partial charge in [0, 0.05) is 69.4 Å². The first-order valence-electron chi connectivity index (χ1n) is 15.9. The Morgan fingerprint density at radius 3 is 2.39 bits per heavy atom. The maximum Gasteiger partial charge on any atom is 0.299 e. The number of pyridine rings is 1. The third kappa shape index (κ3) is 7.42. The summed E-state index contributed by atoms with van der Waals surface area (Å²) < 4.78 is 33.8. The number of fused-ring (bicyclic) bond motifs is 1. The molecule has 16 heteroatoms. The van der Waals surface area contributed by atoms with Crippen LogP contribution in [0, 0.1) is 11.6 Å². The molecule has 256 valence electrons. The van der Waals surface area contributed by atoms with Crippen molar-refractivity contribution >= 4 is 23.3 Å². The van der Waals surface area contributed by atoms with Crippen LogP contribution in [0.3, 0.4) is 0 Å². The second kappa shape index (κ2) is 14.2. The summed E-state index contributed by atoms with van der Waals surface area (Å²) in [6.45, 7) is 3.76. The normalized spacial score (nSPS) is 14.4. The highest BCUT2D eigenvalue weighted by atomic mass is 19.1. The number of hydrogen-bond donors (Lipinski definition) is 1. The number of hydrogen-bond acceptors (Lipinski definition) is 9. The van der Waals surface area contributed by atoms with E-state index in [0.29, 0.717) is 66.8 Å². The van der Waals surface area contributed by atoms with E-state index in [1.165, 1.54) is 29.8 Å². The molecule has 0 bridgehead atoms. The van der Waals surface area contributed by atoms with Crippen LogP contribution in [-0.2, 0) is 24.8 Å². The molecule has 2 aliphatic rings. The number of piperazine rings is 1. The minimum Gasteiger partial charge on any atom is -0.481 e. The van der Waals surface area contributed by atoms with Crippen LogP contribution in [0.25, 0.3) is 17.2 Å². The Labute approximate surface area is 279 Å². The fourth-order valence-electron chi connectivity index (χ4n) is 5.66. The number of aryl methyl sites for hydroxylation is 1. The molecule has 1 saturated carbocycles. The fraction of sp³-hybridized carbons (Fsp3) is 0.364. The zero-order chi connectivity index (χ0) is 34.7. The Hall–Kier alpha value is -5.67. The standard InChI is InChI=1S/C27H32N10O4.C6H4F2/c1-4-20-23(34-9-11-35(12-10-34)25(39)18-14-29-33(2)15-18)26(40)37-27(36(20)16-21(38)30-19-5-6-19)31-24(32-37)17-7-8-28-22(13-17)41-3;7-5-2-1-3-6(8)4-5/h7-8,13-15,19H,4-6,9-12,16H2,1-3H3,(H,30,38);1-4H. The van der Waals surface area contributed by atoms with Gasteiger partial charge in [-0.15, -0.1) is 5.10 Å². The minimum atomic E-state index is -0.537. The van der Waals surface area contributed by atoms with Crippen molar-refractivity contribution in [2.75, 3.05) is 38.2 Å². The van der Waals surface area contributed by atoms with Crippen LogP contribution in [0.2, 0.25) is 0 Å². The monoisotopic (exact) mass is 674 g/mol. The minimum absolute atomic E-state index is 0.00765. The first-order chi connectivity index (χ1) is 23.6. The Kier molecular flexibility index (Phi) is 9.64. The fourth-order valence-corrected chi connectivity index (χ4v) is 5.66. The van der Waals surface area contributed by atoms with Crippen molar-refractivity contribution in [3.63, 3.8) is 0 Å². The third-order valence-corrected chi connectivity index (χ3v) is 8.23. The smallest absolute Gasteiger partial charge is 0.299 e. The largest absolute Gasteiger partial charge is 0.481 e. The number of methoxy groups -OCH3 is 1. The highest BCUT2D eigenvalue weighted by Crippen LogP contribution is 2.25. The molecular weight excluding hydrogens is 638 g/mol. The van der Waals surface area contributed by atoms with Crippen molar-refractivity contribution in [2.45, 2.75) is 38.8 Å². The SMILES string of the molecule is CCc1c(N2CCN(C(=O)c3cnn(C)c3)CC2)c(=O)n2nc(-c3ccnc(OC)c3)nc2n1CC(=O)NC1CC1.Fc1cccc(F)c1. The Morgan fingerprint density at radius 1 is 1.06 bits per heavy atom. The van der Waals surface area contributed by atoms with E-state index in [1.54, 1.807) is 51.9 Å². The quantitative estimate of drug-likeness (QED) is 0.263. The molecule has 0 unspecified atom stereocenters. The van der Waals surface area contributed by atoms with E-state index in [1.807, 2.05) is 11.8 Å². The van der Waals surface area contributed by atoms with E-state index in [2.05, 4.69) is 20.5 Å². The molecule has 2 fully saturated rings. The van der Waals surface area contributed by atoms with Crippen LogP contribution in [0.5, 0.6) is 5.88 Å². The van der Waals surface area contributed by atoms with E-state index in [4.69, 9.17) is 9.72 Å². The zero-order valence-electron chi connectivity index (χ0n) is 27.3. The molecule has 5 heterocycles. The van der Waals surface area contributed by atoms with Gasteiger partial charge in [-0.1, -0.05) is 13.0 Å². The average Bonchev–Trinajstić information content (AvgIpc) is 3.61. The van der Waals surface area contributed by atoms with Crippen LogP contribution in [0.4, 0.5) is 14.5 Å². The molecule has 0 radical (unpaired) electrons. The summed E-state index contributed by atoms with van der Waals surface area (Å²) in [5, 5.41) is 11.7. The van der Waals surface area contributed by atoms with E-state index >= 15 is 0 Å². The Balaban J connectivity index is 0.000000459. The van der Waals surface area contributed by atoms with Gasteiger partial charge in [0.05, 0.1) is 24.6 Å². The molecule has 0 atom stereocenters. The Morgan fingerprint density at radius 2 is 1.80 bits per heavy atom. The van der Waals surface area contributed by atoms with Crippen LogP contribution < -0.4 is 20.5 Å². The lowest BCUT2D eigenvalue weighted by molar-refractivity contribution is -0.121. The van der Waals surface area contributed by atoms with Gasteiger partial charge in [0.25, 0.3) is 11.5 Å². The summed E-state index contributed by atoms with van der Waals surface area (Å²) in [5.41, 5.74) is 2.02. The third-order valence-electron chi connectivity index (χ3n) is 8.23. The van der Waals surface area contributed by atoms with Crippen LogP contribution >= 0.6 is 0 Å². The number of nitrogens with zero attached hydrogens (tertiary/aromatic N) is 9. The predicted octanol–water partition coefficient (Wildman–Crippen LogP) is 2.46. The summed E-state index contributed by atoms with van der Waals surface area (Å²) >= 11 is 0. The highest BCUT2D eigenvalue weighted by Gasteiger charge is 2.30. The van der Waals surface area contributed by atoms with Crippen molar-refractivity contribution in [1.29, 1.82) is 0 Å². The van der Waals surface area contributed by atoms with Crippen molar-refractivity contribution in [1.82, 2.24) is 44.1 Å². The number of carbonyl (C=O) groups excluding carboxylic acids is 2. The van der Waals surface area contributed by atoms with Gasteiger partial charge in [-0.05, 0) is 37.5 Å². The first kappa shape index (κ1) is 33.2. The van der Waals surface area contributed by atoms with Gasteiger partial charge in [-0.25, -0.2) is 13.8 Å². The van der Waals surface area contributed by atoms with E-state index < -0.39 is 11.6 Å². The van der Waals surface area contributed by atoms with Crippen molar-refractivity contribution < 1.29 is 23.1 Å². The number of benzene rings is 1. The molecule has 1 saturated heterocycles. The lowest BCUT2D eigenvalue weighted by Gasteiger charge is -2.36. The summed E-state index contributed by atoms with van der Waals surface area (Å²) in [4.78, 5) is 52.6. The predicted molar refractivity (Wildman–Crippen MR) is 175 cm³/mol. The number of carbonyl (C=O) groups is 2. The summed E-state index contributed by atoms with van der Waals surface area (Å²) in [6.07, 6.45) is 7.28. The zero-order valence-corrected chi connectivity index (χ0v) is 27.3. The molecule has 7 rings (SSSR count). The lowest BCUT2D eigenvalue weighted by Crippen LogP contribution is -2.51. The van der Waals surface area contributed by atoms with Crippen molar-refractivity contribution in [3.8, 4) is 17.3 Å². The number of halogens is 2. The number of rotatable bonds is 8. The second-order valence-electron chi connectivity index (χ2n) is 11.7. The first-order valence-corrected chi connectivity index (χ1v) is 15.9. The molecule has 49 heavy (non-hydrogen) atoms. The van der Waals surface area contributed by atoms with Crippen LogP contribution in [-0.4, -0.2) is 90.0 Å². The topological polar surface area (TPSA) is 145 Å². The number of aromatic nitrogens is 7. The van der Waals surface area contributed by atoms with E-state index in [9.17, 15) is 23.2 Å². The average molecular weight is 675 g/mol. The molecule has 5 aromatic rings. The van der Waals surface area contributed by atoms with Gasteiger partial charge in [-0.2, -0.15) is 14.6 Å². The van der Waals surface area contributed by atoms with Gasteiger partial charge in [-0.3, -0.25) is 19.1 Å². The number of amides is 2. The van der Waals surface area contributed by atoms with Crippen molar-refractivity contribution in [2.24, 2.45) is 7.05 Å². The van der Waals surface area contributed by atoms with Crippen LogP contribution in [0.1, 0.15) is 35.8 Å². The molecule has 4 aromatic heterocycles. The summed E-state index contributed by atoms with van der Waals surface area (Å²) in [7, 11) is 3.29. The molecule has 2 amide bonds. The maximum atomic E-state index is 14.0.